The van der Waals surface area contributed by atoms with Crippen LogP contribution in [0.4, 0.5) is 34.1 Å². The van der Waals surface area contributed by atoms with Crippen LogP contribution in [0.3, 0.4) is 0 Å². The zero-order chi connectivity index (χ0) is 43.2. The van der Waals surface area contributed by atoms with Crippen LogP contribution in [-0.4, -0.2) is 0 Å². The van der Waals surface area contributed by atoms with Crippen molar-refractivity contribution >= 4 is 66.4 Å². The van der Waals surface area contributed by atoms with E-state index in [9.17, 15) is 0 Å². The van der Waals surface area contributed by atoms with Gasteiger partial charge in [0, 0.05) is 16.8 Å². The highest BCUT2D eigenvalue weighted by Crippen LogP contribution is 2.57. The fourth-order valence-corrected chi connectivity index (χ4v) is 11.2. The van der Waals surface area contributed by atoms with Gasteiger partial charge in [0.05, 0.1) is 22.7 Å². The minimum Gasteiger partial charge on any atom is -0.306 e. The zero-order valence-electron chi connectivity index (χ0n) is 36.3. The number of benzene rings is 11. The van der Waals surface area contributed by atoms with E-state index in [-0.39, 0.29) is 5.41 Å². The maximum atomic E-state index is 2.54. The summed E-state index contributed by atoms with van der Waals surface area (Å²) >= 11 is 0. The van der Waals surface area contributed by atoms with Gasteiger partial charge in [0.25, 0.3) is 0 Å². The molecule has 11 aromatic carbocycles. The van der Waals surface area contributed by atoms with Crippen LogP contribution < -0.4 is 9.80 Å². The maximum absolute atomic E-state index is 2.54. The van der Waals surface area contributed by atoms with Gasteiger partial charge in [-0.1, -0.05) is 184 Å². The summed E-state index contributed by atoms with van der Waals surface area (Å²) in [7, 11) is 0. The van der Waals surface area contributed by atoms with Crippen molar-refractivity contribution in [2.24, 2.45) is 0 Å². The lowest BCUT2D eigenvalue weighted by atomic mass is 9.78. The normalized spacial score (nSPS) is 13.4. The number of nitrogens with zero attached hydrogens (tertiary/aromatic N) is 2. The Bertz CT molecular complexity index is 3680. The molecule has 0 saturated heterocycles. The molecule has 0 bridgehead atoms. The van der Waals surface area contributed by atoms with Crippen LogP contribution in [0, 0.1) is 0 Å². The third kappa shape index (κ3) is 5.60. The van der Waals surface area contributed by atoms with Crippen molar-refractivity contribution in [3.8, 4) is 44.5 Å². The van der Waals surface area contributed by atoms with Gasteiger partial charge in [-0.2, -0.15) is 0 Å². The molecule has 1 aliphatic heterocycles. The fourth-order valence-electron chi connectivity index (χ4n) is 11.2. The van der Waals surface area contributed by atoms with Crippen molar-refractivity contribution < 1.29 is 0 Å². The average molecular weight is 829 g/mol. The van der Waals surface area contributed by atoms with E-state index < -0.39 is 0 Å². The van der Waals surface area contributed by atoms with Crippen LogP contribution in [-0.2, 0) is 5.41 Å². The second kappa shape index (κ2) is 14.4. The van der Waals surface area contributed by atoms with Crippen molar-refractivity contribution in [2.75, 3.05) is 9.80 Å². The molecule has 13 rings (SSSR count). The first-order valence-corrected chi connectivity index (χ1v) is 22.7. The molecule has 0 amide bonds. The first kappa shape index (κ1) is 37.4. The summed E-state index contributed by atoms with van der Waals surface area (Å²) < 4.78 is 0. The molecule has 306 valence electrons. The van der Waals surface area contributed by atoms with Gasteiger partial charge in [-0.25, -0.2) is 0 Å². The number of hydrogen-bond donors (Lipinski definition) is 0. The molecule has 0 saturated carbocycles. The first-order chi connectivity index (χ1) is 32.0. The molecule has 2 aliphatic rings. The van der Waals surface area contributed by atoms with Crippen molar-refractivity contribution in [1.29, 1.82) is 0 Å². The summed E-state index contributed by atoms with van der Waals surface area (Å²) in [5.41, 5.74) is 19.5. The Morgan fingerprint density at radius 2 is 0.754 bits per heavy atom. The van der Waals surface area contributed by atoms with Gasteiger partial charge in [-0.05, 0) is 149 Å². The van der Waals surface area contributed by atoms with E-state index in [1.165, 1.54) is 82.4 Å². The second-order valence-corrected chi connectivity index (χ2v) is 18.0. The number of para-hydroxylation sites is 4. The van der Waals surface area contributed by atoms with Crippen LogP contribution >= 0.6 is 0 Å². The van der Waals surface area contributed by atoms with E-state index in [2.05, 4.69) is 254 Å². The molecule has 2 nitrogen and oxygen atoms in total. The minimum atomic E-state index is -0.161. The predicted octanol–water partition coefficient (Wildman–Crippen LogP) is 17.7. The van der Waals surface area contributed by atoms with E-state index >= 15 is 0 Å². The number of rotatable bonds is 5. The maximum Gasteiger partial charge on any atom is 0.0709 e. The summed E-state index contributed by atoms with van der Waals surface area (Å²) in [5.74, 6) is 0. The Hall–Kier alpha value is -8.20. The molecule has 65 heavy (non-hydrogen) atoms. The highest BCUT2D eigenvalue weighted by molar-refractivity contribution is 6.25. The molecule has 0 aromatic heterocycles. The zero-order valence-corrected chi connectivity index (χ0v) is 36.3. The molecule has 0 radical (unpaired) electrons. The van der Waals surface area contributed by atoms with Crippen molar-refractivity contribution in [3.63, 3.8) is 0 Å². The Morgan fingerprint density at radius 1 is 0.277 bits per heavy atom. The average Bonchev–Trinajstić information content (AvgIpc) is 3.60. The van der Waals surface area contributed by atoms with E-state index in [1.54, 1.807) is 0 Å². The third-order valence-electron chi connectivity index (χ3n) is 14.1. The third-order valence-corrected chi connectivity index (χ3v) is 14.1. The summed E-state index contributed by atoms with van der Waals surface area (Å²) in [6.45, 7) is 4.80. The summed E-state index contributed by atoms with van der Waals surface area (Å²) in [4.78, 5) is 4.83. The molecule has 0 spiro atoms. The van der Waals surface area contributed by atoms with E-state index in [1.807, 2.05) is 0 Å². The topological polar surface area (TPSA) is 6.48 Å². The van der Waals surface area contributed by atoms with E-state index in [4.69, 9.17) is 0 Å². The molecule has 2 heteroatoms. The Balaban J connectivity index is 1.11. The van der Waals surface area contributed by atoms with E-state index in [0.717, 1.165) is 39.7 Å². The lowest BCUT2D eigenvalue weighted by molar-refractivity contribution is 0.661. The Labute approximate surface area is 379 Å². The van der Waals surface area contributed by atoms with Crippen molar-refractivity contribution in [2.45, 2.75) is 19.3 Å². The lowest BCUT2D eigenvalue weighted by Gasteiger charge is -2.40. The van der Waals surface area contributed by atoms with Gasteiger partial charge in [0.15, 0.2) is 0 Å². The highest BCUT2D eigenvalue weighted by Gasteiger charge is 2.37. The highest BCUT2D eigenvalue weighted by atomic mass is 15.3. The van der Waals surface area contributed by atoms with Gasteiger partial charge in [-0.3, -0.25) is 0 Å². The molecule has 0 unspecified atom stereocenters. The number of fused-ring (bicyclic) bond motifs is 9. The minimum absolute atomic E-state index is 0.161. The lowest BCUT2D eigenvalue weighted by Crippen LogP contribution is -2.24. The standard InChI is InChI=1S/C63H44N2/c1-63(2)54-31-17-16-30-51(54)62-47-27-13-12-26-46(47)53(40-55(62)63)61-49-29-15-14-28-48(49)60(41-20-6-3-7-21-41)50-36-34-42(38-52(50)61)43-35-37-58-59(39-43)65(45-24-10-5-11-25-45)57-33-19-18-32-56(57)64(58)44-22-8-4-9-23-44/h3-40H,1-2H3. The van der Waals surface area contributed by atoms with Crippen molar-refractivity contribution in [3.05, 3.63) is 242 Å². The van der Waals surface area contributed by atoms with Gasteiger partial charge >= 0.3 is 0 Å². The first-order valence-electron chi connectivity index (χ1n) is 22.7. The number of anilines is 6. The number of hydrogen-bond acceptors (Lipinski definition) is 2. The molecule has 1 heterocycles. The molecular weight excluding hydrogens is 785 g/mol. The summed E-state index contributed by atoms with van der Waals surface area (Å²) in [5, 5.41) is 7.58. The summed E-state index contributed by atoms with van der Waals surface area (Å²) in [6, 6.07) is 85.2. The largest absolute Gasteiger partial charge is 0.306 e. The van der Waals surface area contributed by atoms with E-state index in [0.29, 0.717) is 0 Å². The van der Waals surface area contributed by atoms with Gasteiger partial charge in [0.2, 0.25) is 0 Å². The van der Waals surface area contributed by atoms with Gasteiger partial charge in [0.1, 0.15) is 0 Å². The molecule has 11 aromatic rings. The SMILES string of the molecule is CC1(C)c2ccccc2-c2c1cc(-c1c3ccccc3c(-c3ccccc3)c3ccc(-c4ccc5c(c4)N(c4ccccc4)c4ccccc4N5c4ccccc4)cc13)c1ccccc21. The fraction of sp³-hybridized carbons (Fsp3) is 0.0476. The molecule has 0 N–H and O–H groups in total. The van der Waals surface area contributed by atoms with Crippen LogP contribution in [0.2, 0.25) is 0 Å². The monoisotopic (exact) mass is 828 g/mol. The van der Waals surface area contributed by atoms with Gasteiger partial charge in [-0.15, -0.1) is 0 Å². The van der Waals surface area contributed by atoms with Crippen LogP contribution in [0.1, 0.15) is 25.0 Å². The van der Waals surface area contributed by atoms with Crippen molar-refractivity contribution in [1.82, 2.24) is 0 Å². The second-order valence-electron chi connectivity index (χ2n) is 18.0. The predicted molar refractivity (Wildman–Crippen MR) is 276 cm³/mol. The Morgan fingerprint density at radius 3 is 1.43 bits per heavy atom. The molecule has 1 aliphatic carbocycles. The summed E-state index contributed by atoms with van der Waals surface area (Å²) in [6.07, 6.45) is 0. The smallest absolute Gasteiger partial charge is 0.0709 e. The Kier molecular flexibility index (Phi) is 8.29. The molecule has 0 fully saturated rings. The van der Waals surface area contributed by atoms with Crippen LogP contribution in [0.5, 0.6) is 0 Å². The van der Waals surface area contributed by atoms with Gasteiger partial charge < -0.3 is 9.80 Å². The quantitative estimate of drug-likeness (QED) is 0.160. The van der Waals surface area contributed by atoms with Crippen LogP contribution in [0.15, 0.2) is 231 Å². The molecule has 0 atom stereocenters. The van der Waals surface area contributed by atoms with Crippen LogP contribution in [0.25, 0.3) is 76.8 Å². The molecular formula is C63H44N2.